The van der Waals surface area contributed by atoms with Crippen LogP contribution in [0, 0.1) is 0 Å². The molecule has 1 aliphatic rings. The van der Waals surface area contributed by atoms with Gasteiger partial charge in [0.25, 0.3) is 0 Å². The van der Waals surface area contributed by atoms with Crippen molar-refractivity contribution in [3.63, 3.8) is 0 Å². The predicted molar refractivity (Wildman–Crippen MR) is 44.4 cm³/mol. The first-order chi connectivity index (χ1) is 5.22. The van der Waals surface area contributed by atoms with Crippen LogP contribution in [0.1, 0.15) is 6.42 Å². The van der Waals surface area contributed by atoms with E-state index in [-0.39, 0.29) is 6.03 Å². The summed E-state index contributed by atoms with van der Waals surface area (Å²) in [5.74, 6) is 0. The second-order valence-corrected chi connectivity index (χ2v) is 2.88. The molecule has 1 rings (SSSR count). The van der Waals surface area contributed by atoms with Gasteiger partial charge in [-0.1, -0.05) is 12.2 Å². The average Bonchev–Trinajstić information content (AvgIpc) is 2.05. The Kier molecular flexibility index (Phi) is 2.52. The highest BCUT2D eigenvalue weighted by Crippen LogP contribution is 2.02. The topological polar surface area (TPSA) is 23.6 Å². The Morgan fingerprint density at radius 2 is 2.18 bits per heavy atom. The van der Waals surface area contributed by atoms with Crippen LogP contribution in [0.2, 0.25) is 0 Å². The van der Waals surface area contributed by atoms with Crippen molar-refractivity contribution in [3.8, 4) is 0 Å². The molecular weight excluding hydrogens is 140 g/mol. The van der Waals surface area contributed by atoms with Gasteiger partial charge >= 0.3 is 6.03 Å². The molecule has 2 amide bonds. The van der Waals surface area contributed by atoms with Crippen LogP contribution < -0.4 is 0 Å². The largest absolute Gasteiger partial charge is 0.331 e. The zero-order valence-electron chi connectivity index (χ0n) is 7.08. The highest BCUT2D eigenvalue weighted by Gasteiger charge is 2.14. The molecule has 3 heteroatoms. The molecule has 0 saturated carbocycles. The second-order valence-electron chi connectivity index (χ2n) is 2.88. The van der Waals surface area contributed by atoms with Gasteiger partial charge in [-0.3, -0.25) is 0 Å². The number of rotatable bonds is 0. The van der Waals surface area contributed by atoms with Crippen LogP contribution in [0.4, 0.5) is 4.79 Å². The minimum Gasteiger partial charge on any atom is -0.331 e. The van der Waals surface area contributed by atoms with Crippen molar-refractivity contribution in [2.75, 3.05) is 27.2 Å². The molecule has 0 saturated heterocycles. The van der Waals surface area contributed by atoms with Gasteiger partial charge in [-0.15, -0.1) is 0 Å². The van der Waals surface area contributed by atoms with Crippen molar-refractivity contribution in [1.82, 2.24) is 9.80 Å². The number of carbonyl (C=O) groups is 1. The Morgan fingerprint density at radius 1 is 1.45 bits per heavy atom. The molecule has 0 aromatic carbocycles. The summed E-state index contributed by atoms with van der Waals surface area (Å²) in [6.07, 6.45) is 5.13. The monoisotopic (exact) mass is 154 g/mol. The smallest absolute Gasteiger partial charge is 0.319 e. The maximum Gasteiger partial charge on any atom is 0.319 e. The summed E-state index contributed by atoms with van der Waals surface area (Å²) in [4.78, 5) is 14.8. The van der Waals surface area contributed by atoms with Crippen LogP contribution in [-0.2, 0) is 0 Å². The molecule has 1 aliphatic heterocycles. The summed E-state index contributed by atoms with van der Waals surface area (Å²) in [5.41, 5.74) is 0. The zero-order valence-corrected chi connectivity index (χ0v) is 7.08. The highest BCUT2D eigenvalue weighted by atomic mass is 16.2. The molecule has 0 aliphatic carbocycles. The second kappa shape index (κ2) is 3.42. The van der Waals surface area contributed by atoms with Crippen LogP contribution in [0.15, 0.2) is 12.2 Å². The van der Waals surface area contributed by atoms with E-state index in [0.29, 0.717) is 0 Å². The fourth-order valence-electron chi connectivity index (χ4n) is 1.10. The number of carbonyl (C=O) groups excluding carboxylic acids is 1. The van der Waals surface area contributed by atoms with Gasteiger partial charge in [0.2, 0.25) is 0 Å². The third-order valence-corrected chi connectivity index (χ3v) is 1.71. The minimum atomic E-state index is 0.106. The normalized spacial score (nSPS) is 16.7. The minimum absolute atomic E-state index is 0.106. The van der Waals surface area contributed by atoms with E-state index in [0.717, 1.165) is 19.5 Å². The molecule has 1 heterocycles. The maximum absolute atomic E-state index is 11.3. The van der Waals surface area contributed by atoms with Gasteiger partial charge in [0.15, 0.2) is 0 Å². The Morgan fingerprint density at radius 3 is 2.64 bits per heavy atom. The van der Waals surface area contributed by atoms with Crippen molar-refractivity contribution in [1.29, 1.82) is 0 Å². The van der Waals surface area contributed by atoms with Crippen molar-refractivity contribution >= 4 is 6.03 Å². The Hall–Kier alpha value is -0.990. The van der Waals surface area contributed by atoms with Gasteiger partial charge in [-0.2, -0.15) is 0 Å². The van der Waals surface area contributed by atoms with Gasteiger partial charge in [0.1, 0.15) is 0 Å². The molecule has 0 radical (unpaired) electrons. The van der Waals surface area contributed by atoms with Gasteiger partial charge in [-0.25, -0.2) is 4.79 Å². The Balaban J connectivity index is 2.47. The first kappa shape index (κ1) is 8.11. The molecule has 0 spiro atoms. The number of hydrogen-bond acceptors (Lipinski definition) is 1. The standard InChI is InChI=1S/C8H14N2O/c1-9(2)8(11)10-6-4-3-5-7-10/h3-4H,5-7H2,1-2H3. The van der Waals surface area contributed by atoms with Crippen molar-refractivity contribution in [2.45, 2.75) is 6.42 Å². The van der Waals surface area contributed by atoms with E-state index in [1.807, 2.05) is 11.0 Å². The highest BCUT2D eigenvalue weighted by molar-refractivity contribution is 5.74. The number of amides is 2. The quantitative estimate of drug-likeness (QED) is 0.476. The molecule has 0 aromatic heterocycles. The lowest BCUT2D eigenvalue weighted by Gasteiger charge is -2.26. The third kappa shape index (κ3) is 1.97. The van der Waals surface area contributed by atoms with Gasteiger partial charge in [-0.05, 0) is 6.42 Å². The summed E-state index contributed by atoms with van der Waals surface area (Å²) in [5, 5.41) is 0. The van der Waals surface area contributed by atoms with Crippen molar-refractivity contribution < 1.29 is 4.79 Å². The molecule has 0 fully saturated rings. The van der Waals surface area contributed by atoms with Gasteiger partial charge in [0.05, 0.1) is 0 Å². The first-order valence-electron chi connectivity index (χ1n) is 3.83. The lowest BCUT2D eigenvalue weighted by molar-refractivity contribution is 0.175. The molecule has 0 N–H and O–H groups in total. The van der Waals surface area contributed by atoms with E-state index in [9.17, 15) is 4.79 Å². The Bertz CT molecular complexity index is 175. The van der Waals surface area contributed by atoms with Gasteiger partial charge < -0.3 is 9.80 Å². The van der Waals surface area contributed by atoms with Gasteiger partial charge in [0, 0.05) is 27.2 Å². The molecular formula is C8H14N2O. The van der Waals surface area contributed by atoms with Crippen molar-refractivity contribution in [3.05, 3.63) is 12.2 Å². The molecule has 0 aromatic rings. The van der Waals surface area contributed by atoms with Crippen molar-refractivity contribution in [2.24, 2.45) is 0 Å². The fraction of sp³-hybridized carbons (Fsp3) is 0.625. The van der Waals surface area contributed by atoms with E-state index < -0.39 is 0 Å². The molecule has 3 nitrogen and oxygen atoms in total. The molecule has 11 heavy (non-hydrogen) atoms. The van der Waals surface area contributed by atoms with Crippen LogP contribution in [-0.4, -0.2) is 43.0 Å². The summed E-state index contributed by atoms with van der Waals surface area (Å²) >= 11 is 0. The molecule has 0 atom stereocenters. The van der Waals surface area contributed by atoms with E-state index in [4.69, 9.17) is 0 Å². The summed E-state index contributed by atoms with van der Waals surface area (Å²) in [7, 11) is 3.56. The third-order valence-electron chi connectivity index (χ3n) is 1.71. The van der Waals surface area contributed by atoms with E-state index in [2.05, 4.69) is 6.08 Å². The van der Waals surface area contributed by atoms with Crippen LogP contribution in [0.25, 0.3) is 0 Å². The van der Waals surface area contributed by atoms with E-state index in [1.165, 1.54) is 0 Å². The predicted octanol–water partition coefficient (Wildman–Crippen LogP) is 0.930. The lowest BCUT2D eigenvalue weighted by atomic mass is 10.3. The Labute approximate surface area is 67.3 Å². The fourth-order valence-corrected chi connectivity index (χ4v) is 1.10. The first-order valence-corrected chi connectivity index (χ1v) is 3.83. The van der Waals surface area contributed by atoms with E-state index >= 15 is 0 Å². The zero-order chi connectivity index (χ0) is 8.27. The van der Waals surface area contributed by atoms with Crippen LogP contribution >= 0.6 is 0 Å². The molecule has 0 bridgehead atoms. The summed E-state index contributed by atoms with van der Waals surface area (Å²) in [6, 6.07) is 0.106. The van der Waals surface area contributed by atoms with Crippen LogP contribution in [0.5, 0.6) is 0 Å². The average molecular weight is 154 g/mol. The maximum atomic E-state index is 11.3. The number of urea groups is 1. The molecule has 0 unspecified atom stereocenters. The molecule has 62 valence electrons. The van der Waals surface area contributed by atoms with E-state index in [1.54, 1.807) is 19.0 Å². The summed E-state index contributed by atoms with van der Waals surface area (Å²) in [6.45, 7) is 1.62. The SMILES string of the molecule is CN(C)C(=O)N1CC=CCC1. The number of nitrogens with zero attached hydrogens (tertiary/aromatic N) is 2. The lowest BCUT2D eigenvalue weighted by Crippen LogP contribution is -2.40. The summed E-state index contributed by atoms with van der Waals surface area (Å²) < 4.78 is 0. The van der Waals surface area contributed by atoms with Crippen LogP contribution in [0.3, 0.4) is 0 Å². The number of hydrogen-bond donors (Lipinski definition) is 0.